The van der Waals surface area contributed by atoms with Crippen LogP contribution in [0.15, 0.2) is 133 Å². The van der Waals surface area contributed by atoms with Gasteiger partial charge in [-0.25, -0.2) is 0 Å². The predicted molar refractivity (Wildman–Crippen MR) is 281 cm³/mol. The molecule has 14 heteroatoms. The van der Waals surface area contributed by atoms with Crippen molar-refractivity contribution in [1.82, 2.24) is 4.90 Å². The Morgan fingerprint density at radius 3 is 2.35 bits per heavy atom. The van der Waals surface area contributed by atoms with Crippen molar-refractivity contribution in [1.29, 1.82) is 0 Å². The van der Waals surface area contributed by atoms with E-state index in [9.17, 15) is 20.3 Å². The first kappa shape index (κ1) is 50.8. The van der Waals surface area contributed by atoms with Crippen LogP contribution in [0.4, 0.5) is 5.69 Å². The Labute approximate surface area is 432 Å². The molecule has 2 heterocycles. The highest BCUT2D eigenvalue weighted by atomic mass is 16.7. The van der Waals surface area contributed by atoms with Crippen molar-refractivity contribution in [3.05, 3.63) is 154 Å². The topological polar surface area (TPSA) is 172 Å². The van der Waals surface area contributed by atoms with Gasteiger partial charge in [-0.3, -0.25) is 14.9 Å². The number of aliphatic hydroxyl groups excluding tert-OH is 2. The highest BCUT2D eigenvalue weighted by Gasteiger charge is 2.65. The zero-order valence-corrected chi connectivity index (χ0v) is 42.0. The monoisotopic (exact) mass is 1010 g/mol. The van der Waals surface area contributed by atoms with Crippen LogP contribution in [0.25, 0.3) is 10.8 Å². The lowest BCUT2D eigenvalue weighted by atomic mass is 9.55. The van der Waals surface area contributed by atoms with Crippen molar-refractivity contribution in [2.45, 2.75) is 114 Å². The summed E-state index contributed by atoms with van der Waals surface area (Å²) in [6.07, 6.45) is 14.3. The van der Waals surface area contributed by atoms with Crippen LogP contribution in [0.3, 0.4) is 0 Å². The third kappa shape index (κ3) is 10.9. The van der Waals surface area contributed by atoms with Gasteiger partial charge < -0.3 is 43.6 Å². The summed E-state index contributed by atoms with van der Waals surface area (Å²) in [4.78, 5) is 34.8. The van der Waals surface area contributed by atoms with Crippen LogP contribution >= 0.6 is 0 Å². The zero-order valence-electron chi connectivity index (χ0n) is 42.0. The number of nitro benzene ring substituents is 1. The summed E-state index contributed by atoms with van der Waals surface area (Å²) in [5.41, 5.74) is 4.04. The Morgan fingerprint density at radius 1 is 0.838 bits per heavy atom. The van der Waals surface area contributed by atoms with Gasteiger partial charge in [-0.2, -0.15) is 0 Å². The van der Waals surface area contributed by atoms with Crippen LogP contribution in [-0.2, 0) is 27.5 Å². The third-order valence-electron chi connectivity index (χ3n) is 15.9. The number of nitro groups is 1. The maximum atomic E-state index is 15.5. The molecule has 74 heavy (non-hydrogen) atoms. The largest absolute Gasteiger partial charge is 0.459 e. The molecule has 6 atom stereocenters. The number of nitrogens with zero attached hydrogens (tertiary/aromatic N) is 3. The van der Waals surface area contributed by atoms with Gasteiger partial charge in [0.25, 0.3) is 5.69 Å². The average Bonchev–Trinajstić information content (AvgIpc) is 4.13. The van der Waals surface area contributed by atoms with Crippen molar-refractivity contribution in [2.24, 2.45) is 28.8 Å². The number of unbranched alkanes of at least 4 members (excludes halogenated alkanes) is 2. The highest BCUT2D eigenvalue weighted by molar-refractivity contribution is 6.03. The zero-order chi connectivity index (χ0) is 51.0. The van der Waals surface area contributed by atoms with Gasteiger partial charge in [0, 0.05) is 56.2 Å². The van der Waals surface area contributed by atoms with Gasteiger partial charge in [-0.05, 0) is 132 Å². The summed E-state index contributed by atoms with van der Waals surface area (Å²) < 4.78 is 33.2. The molecule has 14 nitrogen and oxygen atoms in total. The Balaban J connectivity index is 1.14. The van der Waals surface area contributed by atoms with Crippen LogP contribution in [0.2, 0.25) is 0 Å². The highest BCUT2D eigenvalue weighted by Crippen LogP contribution is 2.62. The van der Waals surface area contributed by atoms with E-state index in [4.69, 9.17) is 33.7 Å². The van der Waals surface area contributed by atoms with Crippen molar-refractivity contribution in [3.8, 4) is 28.7 Å². The van der Waals surface area contributed by atoms with E-state index in [-0.39, 0.29) is 75.5 Å². The molecule has 0 bridgehead atoms. The summed E-state index contributed by atoms with van der Waals surface area (Å²) in [7, 11) is 0. The minimum Gasteiger partial charge on any atom is -0.459 e. The number of hydrogen-bond acceptors (Lipinski definition) is 12. The second-order valence-electron chi connectivity index (χ2n) is 20.5. The minimum absolute atomic E-state index is 0.000624. The predicted octanol–water partition coefficient (Wildman–Crippen LogP) is 12.1. The summed E-state index contributed by atoms with van der Waals surface area (Å²) in [5, 5.41) is 39.0. The van der Waals surface area contributed by atoms with Gasteiger partial charge in [0.15, 0.2) is 11.5 Å². The van der Waals surface area contributed by atoms with E-state index in [0.717, 1.165) is 72.4 Å². The lowest BCUT2D eigenvalue weighted by molar-refractivity contribution is -0.384. The lowest BCUT2D eigenvalue weighted by Gasteiger charge is -2.60. The molecule has 1 amide bonds. The first-order valence-electron chi connectivity index (χ1n) is 26.5. The van der Waals surface area contributed by atoms with Gasteiger partial charge >= 0.3 is 0 Å². The molecule has 0 saturated heterocycles. The van der Waals surface area contributed by atoms with Gasteiger partial charge in [-0.1, -0.05) is 92.2 Å². The summed E-state index contributed by atoms with van der Waals surface area (Å²) in [6.45, 7) is 4.77. The molecule has 5 aromatic rings. The molecule has 388 valence electrons. The van der Waals surface area contributed by atoms with Gasteiger partial charge in [-0.15, -0.1) is 6.58 Å². The molecule has 5 aromatic carbocycles. The molecule has 2 saturated carbocycles. The first-order valence-corrected chi connectivity index (χ1v) is 26.5. The maximum absolute atomic E-state index is 15.5. The van der Waals surface area contributed by atoms with E-state index in [1.807, 2.05) is 59.5 Å². The Hall–Kier alpha value is -6.74. The number of carbonyl (C=O) groups is 1. The third-order valence-corrected chi connectivity index (χ3v) is 15.9. The van der Waals surface area contributed by atoms with E-state index in [1.165, 1.54) is 25.0 Å². The maximum Gasteiger partial charge on any atom is 0.269 e. The van der Waals surface area contributed by atoms with Crippen molar-refractivity contribution in [2.75, 3.05) is 26.6 Å². The first-order chi connectivity index (χ1) is 36.2. The number of oxime groups is 1. The van der Waals surface area contributed by atoms with Crippen LogP contribution in [0.1, 0.15) is 106 Å². The quantitative estimate of drug-likeness (QED) is 0.0276. The molecule has 3 aliphatic carbocycles. The summed E-state index contributed by atoms with van der Waals surface area (Å²) >= 11 is 0. The van der Waals surface area contributed by atoms with Crippen LogP contribution in [0, 0.1) is 33.8 Å². The fourth-order valence-electron chi connectivity index (χ4n) is 12.4. The molecule has 2 fully saturated rings. The molecule has 5 aliphatic rings. The lowest BCUT2D eigenvalue weighted by Crippen LogP contribution is -2.70. The normalized spacial score (nSPS) is 23.1. The fourth-order valence-corrected chi connectivity index (χ4v) is 12.4. The van der Waals surface area contributed by atoms with Crippen LogP contribution < -0.4 is 18.9 Å². The molecule has 2 aliphatic heterocycles. The number of ether oxygens (including phenoxy) is 5. The number of aliphatic hydroxyl groups is 2. The molecular formula is C60H67N3O11. The second kappa shape index (κ2) is 23.2. The smallest absolute Gasteiger partial charge is 0.269 e. The number of benzene rings is 5. The van der Waals surface area contributed by atoms with Crippen molar-refractivity contribution >= 4 is 28.1 Å². The van der Waals surface area contributed by atoms with E-state index in [2.05, 4.69) is 36.9 Å². The number of carbonyl (C=O) groups excluding carboxylic acids is 1. The van der Waals surface area contributed by atoms with Gasteiger partial charge in [0.2, 0.25) is 18.5 Å². The molecule has 0 unspecified atom stereocenters. The second-order valence-corrected chi connectivity index (χ2v) is 20.5. The average molecular weight is 1010 g/mol. The summed E-state index contributed by atoms with van der Waals surface area (Å²) in [5.74, 6) is 1.40. The van der Waals surface area contributed by atoms with Crippen molar-refractivity contribution < 1.29 is 48.5 Å². The molecule has 0 radical (unpaired) electrons. The van der Waals surface area contributed by atoms with E-state index in [1.54, 1.807) is 18.2 Å². The van der Waals surface area contributed by atoms with E-state index >= 15 is 4.79 Å². The standard InChI is InChI=1S/C60H67N3O11/c1-2-31-71-60-56(62(57(66)28-20-40-11-3-4-12-40)37-42-19-26-54-55(32-42)70-39-69-54)36-52(61-72-38-41-17-22-46(23-18-41)63(67)68)50-34-45(15-7-9-29-64)49(16-8-10-30-65)58(59(50)60)51-35-48(25-27-53(51)74-60)73-47-24-21-43-13-5-6-14-44(43)33-47/h2,5-6,13-14,17-19,21-27,32-35,40,45,49,56,58-59,64-65H,1,3-4,7-12,15-16,20,28-31,36-39H2/t45-,49+,56-,58+,59+,60+/m0/s1. The number of fused-ring (bicyclic) bond motifs is 4. The van der Waals surface area contributed by atoms with Gasteiger partial charge in [0.1, 0.15) is 29.9 Å². The number of allylic oxidation sites excluding steroid dienone is 1. The van der Waals surface area contributed by atoms with E-state index < -0.39 is 22.7 Å². The molecule has 0 spiro atoms. The number of hydrogen-bond donors (Lipinski definition) is 2. The Morgan fingerprint density at radius 2 is 1.57 bits per heavy atom. The Bertz CT molecular complexity index is 2860. The van der Waals surface area contributed by atoms with E-state index in [0.29, 0.717) is 65.2 Å². The molecule has 10 rings (SSSR count). The fraction of sp³-hybridized carbons (Fsp3) is 0.433. The molecule has 2 N–H and O–H groups in total. The molecular weight excluding hydrogens is 939 g/mol. The van der Waals surface area contributed by atoms with Crippen LogP contribution in [0.5, 0.6) is 28.7 Å². The number of amides is 1. The molecule has 0 aromatic heterocycles. The number of non-ortho nitro benzene ring substituents is 1. The van der Waals surface area contributed by atoms with Gasteiger partial charge in [0.05, 0.1) is 23.2 Å². The van der Waals surface area contributed by atoms with Crippen molar-refractivity contribution in [3.63, 3.8) is 0 Å². The number of rotatable bonds is 23. The van der Waals surface area contributed by atoms with Crippen LogP contribution in [-0.4, -0.2) is 70.1 Å². The summed E-state index contributed by atoms with van der Waals surface area (Å²) in [6, 6.07) is 31.6. The SMILES string of the molecule is C=CCO[C@@]12Oc3ccc(Oc4ccc5ccccc5c4)cc3[C@H]3[C@H](CCCCO)[C@@H](CCCCO)C=C(C(=NOCc4ccc([N+](=O)[O-])cc4)C[C@@H]1N(Cc1ccc4c(c1)OCO4)C(=O)CCC1CCCC1)[C@H]32. The minimum atomic E-state index is -1.47. The Kier molecular flexibility index (Phi) is 15.9.